The van der Waals surface area contributed by atoms with Crippen LogP contribution in [0.5, 0.6) is 5.75 Å². The molecule has 0 fully saturated rings. The van der Waals surface area contributed by atoms with E-state index in [0.29, 0.717) is 16.7 Å². The van der Waals surface area contributed by atoms with E-state index >= 15 is 0 Å². The first-order valence-corrected chi connectivity index (χ1v) is 11.6. The van der Waals surface area contributed by atoms with E-state index in [4.69, 9.17) is 9.84 Å². The van der Waals surface area contributed by atoms with Gasteiger partial charge in [0.15, 0.2) is 0 Å². The Labute approximate surface area is 192 Å². The SMILES string of the molecule is CCCSc1nc2n(n1)C(c1ccc(OC)cc1)C(C(=O)Nc1cccc(C)c1)=C(C)N2. The number of aromatic nitrogens is 3. The van der Waals surface area contributed by atoms with Crippen molar-refractivity contribution in [3.63, 3.8) is 0 Å². The topological polar surface area (TPSA) is 81.1 Å². The van der Waals surface area contributed by atoms with Crippen LogP contribution in [0.1, 0.15) is 37.4 Å². The number of carbonyl (C=O) groups is 1. The highest BCUT2D eigenvalue weighted by atomic mass is 32.2. The third-order valence-corrected chi connectivity index (χ3v) is 6.26. The lowest BCUT2D eigenvalue weighted by Gasteiger charge is -2.28. The van der Waals surface area contributed by atoms with Crippen LogP contribution in [-0.4, -0.2) is 33.5 Å². The molecule has 0 aliphatic carbocycles. The Kier molecular flexibility index (Phi) is 6.50. The lowest BCUT2D eigenvalue weighted by Crippen LogP contribution is -2.31. The zero-order chi connectivity index (χ0) is 22.7. The molecule has 1 atom stereocenters. The van der Waals surface area contributed by atoms with Crippen LogP contribution < -0.4 is 15.4 Å². The van der Waals surface area contributed by atoms with Crippen molar-refractivity contribution in [3.05, 3.63) is 70.9 Å². The van der Waals surface area contributed by atoms with Gasteiger partial charge in [0.2, 0.25) is 11.1 Å². The molecule has 32 heavy (non-hydrogen) atoms. The smallest absolute Gasteiger partial charge is 0.255 e. The Balaban J connectivity index is 1.75. The van der Waals surface area contributed by atoms with Crippen LogP contribution in [0.15, 0.2) is 65.0 Å². The number of thioether (sulfide) groups is 1. The summed E-state index contributed by atoms with van der Waals surface area (Å²) in [5, 5.41) is 11.8. The number of carbonyl (C=O) groups excluding carboxylic acids is 1. The maximum absolute atomic E-state index is 13.5. The number of rotatable bonds is 7. The van der Waals surface area contributed by atoms with Crippen molar-refractivity contribution in [2.24, 2.45) is 0 Å². The molecule has 1 amide bonds. The highest BCUT2D eigenvalue weighted by Gasteiger charge is 2.34. The molecule has 0 radical (unpaired) electrons. The average Bonchev–Trinajstić information content (AvgIpc) is 3.19. The molecule has 7 nitrogen and oxygen atoms in total. The number of nitrogens with one attached hydrogen (secondary N) is 2. The van der Waals surface area contributed by atoms with Gasteiger partial charge < -0.3 is 15.4 Å². The predicted molar refractivity (Wildman–Crippen MR) is 128 cm³/mol. The third kappa shape index (κ3) is 4.50. The second kappa shape index (κ2) is 9.48. The maximum atomic E-state index is 13.5. The standard InChI is InChI=1S/C24H27N5O2S/c1-5-13-32-24-27-23-25-16(3)20(22(30)26-18-8-6-7-15(2)14-18)21(29(23)28-24)17-9-11-19(31-4)12-10-17/h6-12,14,21H,5,13H2,1-4H3,(H,26,30)(H,25,27,28). The molecule has 2 heterocycles. The van der Waals surface area contributed by atoms with Crippen LogP contribution in [0.3, 0.4) is 0 Å². The molecule has 8 heteroatoms. The summed E-state index contributed by atoms with van der Waals surface area (Å²) < 4.78 is 7.12. The molecule has 1 aliphatic rings. The first-order valence-electron chi connectivity index (χ1n) is 10.6. The molecule has 0 saturated heterocycles. The summed E-state index contributed by atoms with van der Waals surface area (Å²) in [7, 11) is 1.64. The number of fused-ring (bicyclic) bond motifs is 1. The molecular formula is C24H27N5O2S. The normalized spacial score (nSPS) is 15.2. The van der Waals surface area contributed by atoms with Gasteiger partial charge in [-0.15, -0.1) is 5.10 Å². The Hall–Kier alpha value is -3.26. The summed E-state index contributed by atoms with van der Waals surface area (Å²) in [6.07, 6.45) is 1.03. The van der Waals surface area contributed by atoms with Crippen LogP contribution >= 0.6 is 11.8 Å². The molecule has 0 bridgehead atoms. The van der Waals surface area contributed by atoms with Gasteiger partial charge in [0, 0.05) is 17.1 Å². The molecule has 4 rings (SSSR count). The largest absolute Gasteiger partial charge is 0.497 e. The Bertz CT molecular complexity index is 1150. The Morgan fingerprint density at radius 3 is 2.69 bits per heavy atom. The summed E-state index contributed by atoms with van der Waals surface area (Å²) in [5.41, 5.74) is 4.12. The van der Waals surface area contributed by atoms with E-state index in [1.165, 1.54) is 0 Å². The molecule has 1 aromatic heterocycles. The summed E-state index contributed by atoms with van der Waals surface area (Å²) in [4.78, 5) is 18.1. The summed E-state index contributed by atoms with van der Waals surface area (Å²) in [6.45, 7) is 6.03. The number of amides is 1. The predicted octanol–water partition coefficient (Wildman–Crippen LogP) is 5.02. The first-order chi connectivity index (χ1) is 15.5. The van der Waals surface area contributed by atoms with Gasteiger partial charge >= 0.3 is 0 Å². The second-order valence-electron chi connectivity index (χ2n) is 7.67. The highest BCUT2D eigenvalue weighted by molar-refractivity contribution is 7.99. The van der Waals surface area contributed by atoms with Crippen LogP contribution in [0, 0.1) is 6.92 Å². The quantitative estimate of drug-likeness (QED) is 0.493. The third-order valence-electron chi connectivity index (χ3n) is 5.22. The molecule has 166 valence electrons. The molecular weight excluding hydrogens is 422 g/mol. The summed E-state index contributed by atoms with van der Waals surface area (Å²) in [6, 6.07) is 15.1. The fourth-order valence-corrected chi connectivity index (χ4v) is 4.38. The van der Waals surface area contributed by atoms with Gasteiger partial charge in [-0.1, -0.05) is 43.0 Å². The van der Waals surface area contributed by atoms with Crippen LogP contribution in [0.2, 0.25) is 0 Å². The van der Waals surface area contributed by atoms with Crippen LogP contribution in [-0.2, 0) is 4.79 Å². The number of aryl methyl sites for hydroxylation is 1. The van der Waals surface area contributed by atoms with Gasteiger partial charge in [-0.05, 0) is 55.7 Å². The molecule has 2 aromatic carbocycles. The van der Waals surface area contributed by atoms with E-state index in [1.807, 2.05) is 62.4 Å². The van der Waals surface area contributed by atoms with Crippen molar-refractivity contribution in [2.45, 2.75) is 38.4 Å². The minimum absolute atomic E-state index is 0.176. The van der Waals surface area contributed by atoms with Gasteiger partial charge in [0.05, 0.1) is 12.7 Å². The van der Waals surface area contributed by atoms with Crippen LogP contribution in [0.25, 0.3) is 0 Å². The number of ether oxygens (including phenoxy) is 1. The van der Waals surface area contributed by atoms with Gasteiger partial charge in [-0.25, -0.2) is 4.68 Å². The number of methoxy groups -OCH3 is 1. The number of anilines is 2. The fourth-order valence-electron chi connectivity index (χ4n) is 3.70. The molecule has 3 aromatic rings. The zero-order valence-electron chi connectivity index (χ0n) is 18.7. The zero-order valence-corrected chi connectivity index (χ0v) is 19.5. The van der Waals surface area contributed by atoms with Crippen molar-refractivity contribution < 1.29 is 9.53 Å². The number of benzene rings is 2. The van der Waals surface area contributed by atoms with E-state index in [9.17, 15) is 4.79 Å². The molecule has 1 aliphatic heterocycles. The van der Waals surface area contributed by atoms with E-state index in [0.717, 1.165) is 40.4 Å². The van der Waals surface area contributed by atoms with E-state index in [2.05, 4.69) is 22.5 Å². The summed E-state index contributed by atoms with van der Waals surface area (Å²) in [5.74, 6) is 2.15. The Morgan fingerprint density at radius 1 is 1.22 bits per heavy atom. The van der Waals surface area contributed by atoms with E-state index < -0.39 is 6.04 Å². The van der Waals surface area contributed by atoms with Crippen molar-refractivity contribution in [2.75, 3.05) is 23.5 Å². The van der Waals surface area contributed by atoms with Crippen molar-refractivity contribution >= 4 is 29.3 Å². The molecule has 0 spiro atoms. The van der Waals surface area contributed by atoms with Gasteiger partial charge in [0.25, 0.3) is 5.91 Å². The molecule has 2 N–H and O–H groups in total. The monoisotopic (exact) mass is 449 g/mol. The average molecular weight is 450 g/mol. The lowest BCUT2D eigenvalue weighted by atomic mass is 9.95. The number of allylic oxidation sites excluding steroid dienone is 1. The minimum atomic E-state index is -0.412. The van der Waals surface area contributed by atoms with Crippen molar-refractivity contribution in [3.8, 4) is 5.75 Å². The molecule has 1 unspecified atom stereocenters. The van der Waals surface area contributed by atoms with Gasteiger partial charge in [0.1, 0.15) is 11.8 Å². The van der Waals surface area contributed by atoms with E-state index in [-0.39, 0.29) is 5.91 Å². The number of hydrogen-bond acceptors (Lipinski definition) is 6. The van der Waals surface area contributed by atoms with Gasteiger partial charge in [-0.3, -0.25) is 4.79 Å². The maximum Gasteiger partial charge on any atom is 0.255 e. The number of nitrogens with zero attached hydrogens (tertiary/aromatic N) is 3. The van der Waals surface area contributed by atoms with Gasteiger partial charge in [-0.2, -0.15) is 4.98 Å². The van der Waals surface area contributed by atoms with Crippen molar-refractivity contribution in [1.82, 2.24) is 14.8 Å². The molecule has 0 saturated carbocycles. The highest BCUT2D eigenvalue weighted by Crippen LogP contribution is 2.37. The van der Waals surface area contributed by atoms with E-state index in [1.54, 1.807) is 23.6 Å². The fraction of sp³-hybridized carbons (Fsp3) is 0.292. The Morgan fingerprint density at radius 2 is 2.00 bits per heavy atom. The second-order valence-corrected chi connectivity index (χ2v) is 8.74. The van der Waals surface area contributed by atoms with Crippen LogP contribution in [0.4, 0.5) is 11.6 Å². The summed E-state index contributed by atoms with van der Waals surface area (Å²) >= 11 is 1.61. The number of hydrogen-bond donors (Lipinski definition) is 2. The van der Waals surface area contributed by atoms with Crippen molar-refractivity contribution in [1.29, 1.82) is 0 Å². The minimum Gasteiger partial charge on any atom is -0.497 e. The first kappa shape index (κ1) is 22.0. The lowest BCUT2D eigenvalue weighted by molar-refractivity contribution is -0.113.